The van der Waals surface area contributed by atoms with Gasteiger partial charge in [-0.25, -0.2) is 13.1 Å². The maximum Gasteiger partial charge on any atom is 0.269 e. The summed E-state index contributed by atoms with van der Waals surface area (Å²) in [6.07, 6.45) is 0. The second-order valence-electron chi connectivity index (χ2n) is 6.46. The molecule has 0 aliphatic carbocycles. The van der Waals surface area contributed by atoms with Crippen molar-refractivity contribution in [3.05, 3.63) is 106 Å². The first-order valence-electron chi connectivity index (χ1n) is 9.02. The van der Waals surface area contributed by atoms with Crippen LogP contribution in [0.1, 0.15) is 16.7 Å². The maximum absolute atomic E-state index is 12.4. The molecule has 0 radical (unpaired) electrons. The third-order valence-electron chi connectivity index (χ3n) is 4.32. The van der Waals surface area contributed by atoms with Crippen molar-refractivity contribution >= 4 is 21.5 Å². The van der Waals surface area contributed by atoms with Crippen molar-refractivity contribution in [2.45, 2.75) is 18.0 Å². The van der Waals surface area contributed by atoms with Crippen LogP contribution in [-0.2, 0) is 23.1 Å². The van der Waals surface area contributed by atoms with Crippen LogP contribution in [-0.4, -0.2) is 19.2 Å². The maximum atomic E-state index is 12.4. The molecule has 0 saturated carbocycles. The first kappa shape index (κ1) is 21.2. The molecule has 0 spiro atoms. The summed E-state index contributed by atoms with van der Waals surface area (Å²) in [4.78, 5) is 14.5. The lowest BCUT2D eigenvalue weighted by atomic mass is 10.1. The third kappa shape index (κ3) is 5.49. The first-order valence-corrected chi connectivity index (χ1v) is 10.5. The molecule has 0 saturated heterocycles. The molecule has 154 valence electrons. The Labute approximate surface area is 174 Å². The number of hydrogen-bond donors (Lipinski definition) is 2. The molecule has 9 heteroatoms. The van der Waals surface area contributed by atoms with Crippen molar-refractivity contribution in [3.63, 3.8) is 0 Å². The number of nitrogens with one attached hydrogen (secondary N) is 1. The molecule has 3 N–H and O–H groups in total. The van der Waals surface area contributed by atoms with E-state index < -0.39 is 14.9 Å². The van der Waals surface area contributed by atoms with Gasteiger partial charge in [0, 0.05) is 24.2 Å². The van der Waals surface area contributed by atoms with Gasteiger partial charge in [0.15, 0.2) is 0 Å². The largest absolute Gasteiger partial charge is 0.383 e. The summed E-state index contributed by atoms with van der Waals surface area (Å²) in [5.41, 5.74) is 8.32. The Bertz CT molecular complexity index is 1160. The van der Waals surface area contributed by atoms with E-state index in [9.17, 15) is 18.5 Å². The predicted octanol–water partition coefficient (Wildman–Crippen LogP) is 2.98. The summed E-state index contributed by atoms with van der Waals surface area (Å²) in [6, 6.07) is 21.5. The zero-order valence-corrected chi connectivity index (χ0v) is 16.7. The molecule has 0 amide bonds. The highest BCUT2D eigenvalue weighted by Gasteiger charge is 2.15. The summed E-state index contributed by atoms with van der Waals surface area (Å²) in [5, 5.41) is 10.7. The molecule has 3 aromatic carbocycles. The van der Waals surface area contributed by atoms with E-state index >= 15 is 0 Å². The lowest BCUT2D eigenvalue weighted by Crippen LogP contribution is -2.23. The Morgan fingerprint density at radius 3 is 2.30 bits per heavy atom. The van der Waals surface area contributed by atoms with Gasteiger partial charge in [0.25, 0.3) is 5.69 Å². The molecule has 3 aromatic rings. The van der Waals surface area contributed by atoms with Crippen LogP contribution in [0.5, 0.6) is 0 Å². The van der Waals surface area contributed by atoms with E-state index in [1.807, 2.05) is 48.5 Å². The van der Waals surface area contributed by atoms with Gasteiger partial charge in [0.2, 0.25) is 10.0 Å². The quantitative estimate of drug-likeness (QED) is 0.249. The van der Waals surface area contributed by atoms with Crippen LogP contribution >= 0.6 is 0 Å². The monoisotopic (exact) mass is 424 g/mol. The van der Waals surface area contributed by atoms with E-state index in [1.54, 1.807) is 6.07 Å². The van der Waals surface area contributed by atoms with Crippen molar-refractivity contribution in [2.24, 2.45) is 10.7 Å². The van der Waals surface area contributed by atoms with E-state index in [1.165, 1.54) is 12.1 Å². The summed E-state index contributed by atoms with van der Waals surface area (Å²) in [5.74, 6) is 0.430. The summed E-state index contributed by atoms with van der Waals surface area (Å²) < 4.78 is 27.3. The number of nitro benzene ring substituents is 1. The number of amidine groups is 1. The zero-order chi connectivity index (χ0) is 21.6. The van der Waals surface area contributed by atoms with Crippen molar-refractivity contribution in [2.75, 3.05) is 0 Å². The topological polar surface area (TPSA) is 128 Å². The van der Waals surface area contributed by atoms with Gasteiger partial charge in [-0.2, -0.15) is 0 Å². The molecule has 0 aliphatic heterocycles. The van der Waals surface area contributed by atoms with Gasteiger partial charge in [0.1, 0.15) is 5.84 Å². The minimum atomic E-state index is -3.80. The molecule has 0 heterocycles. The number of nitrogens with two attached hydrogens (primary N) is 1. The molecule has 0 bridgehead atoms. The van der Waals surface area contributed by atoms with Crippen LogP contribution in [0, 0.1) is 10.1 Å². The minimum Gasteiger partial charge on any atom is -0.383 e. The van der Waals surface area contributed by atoms with E-state index in [4.69, 9.17) is 5.73 Å². The Morgan fingerprint density at radius 2 is 1.63 bits per heavy atom. The fourth-order valence-electron chi connectivity index (χ4n) is 2.72. The second kappa shape index (κ2) is 9.29. The SMILES string of the molecule is NC(=NCc1cccc(CNS(=O)(=O)c2ccc([N+](=O)[O-])cc2)c1)c1ccccc1. The number of non-ortho nitro benzene ring substituents is 1. The molecular weight excluding hydrogens is 404 g/mol. The third-order valence-corrected chi connectivity index (χ3v) is 5.73. The van der Waals surface area contributed by atoms with E-state index in [-0.39, 0.29) is 17.1 Å². The molecule has 3 rings (SSSR count). The second-order valence-corrected chi connectivity index (χ2v) is 8.23. The van der Waals surface area contributed by atoms with Gasteiger partial charge >= 0.3 is 0 Å². The average molecular weight is 424 g/mol. The molecule has 0 atom stereocenters. The summed E-state index contributed by atoms with van der Waals surface area (Å²) >= 11 is 0. The van der Waals surface area contributed by atoms with Gasteiger partial charge in [-0.1, -0.05) is 54.6 Å². The molecule has 0 fully saturated rings. The van der Waals surface area contributed by atoms with Crippen LogP contribution in [0.3, 0.4) is 0 Å². The number of rotatable bonds is 8. The summed E-state index contributed by atoms with van der Waals surface area (Å²) in [7, 11) is -3.80. The van der Waals surface area contributed by atoms with Gasteiger partial charge in [-0.15, -0.1) is 0 Å². The number of benzene rings is 3. The van der Waals surface area contributed by atoms with Crippen LogP contribution in [0.2, 0.25) is 0 Å². The van der Waals surface area contributed by atoms with Crippen LogP contribution < -0.4 is 10.5 Å². The van der Waals surface area contributed by atoms with Crippen LogP contribution in [0.4, 0.5) is 5.69 Å². The smallest absolute Gasteiger partial charge is 0.269 e. The lowest BCUT2D eigenvalue weighted by molar-refractivity contribution is -0.384. The fourth-order valence-corrected chi connectivity index (χ4v) is 3.74. The van der Waals surface area contributed by atoms with Crippen molar-refractivity contribution in [1.29, 1.82) is 0 Å². The highest BCUT2D eigenvalue weighted by molar-refractivity contribution is 7.89. The summed E-state index contributed by atoms with van der Waals surface area (Å²) in [6.45, 7) is 0.439. The van der Waals surface area contributed by atoms with E-state index in [0.29, 0.717) is 12.4 Å². The minimum absolute atomic E-state index is 0.0375. The number of nitrogens with zero attached hydrogens (tertiary/aromatic N) is 2. The molecular formula is C21H20N4O4S. The highest BCUT2D eigenvalue weighted by atomic mass is 32.2. The predicted molar refractivity (Wildman–Crippen MR) is 114 cm³/mol. The Balaban J connectivity index is 1.65. The Hall–Kier alpha value is -3.56. The number of hydrogen-bond acceptors (Lipinski definition) is 5. The standard InChI is InChI=1S/C21H20N4O4S/c22-21(18-7-2-1-3-8-18)23-14-16-5-4-6-17(13-16)15-24-30(28,29)20-11-9-19(10-12-20)25(26)27/h1-13,24H,14-15H2,(H2,22,23). The number of sulfonamides is 1. The van der Waals surface area contributed by atoms with Gasteiger partial charge < -0.3 is 5.73 Å². The lowest BCUT2D eigenvalue weighted by Gasteiger charge is -2.08. The molecule has 30 heavy (non-hydrogen) atoms. The first-order chi connectivity index (χ1) is 14.3. The number of aliphatic imine (C=N–C) groups is 1. The average Bonchev–Trinajstić information content (AvgIpc) is 2.77. The van der Waals surface area contributed by atoms with Crippen LogP contribution in [0.15, 0.2) is 88.8 Å². The van der Waals surface area contributed by atoms with Crippen LogP contribution in [0.25, 0.3) is 0 Å². The Kier molecular flexibility index (Phi) is 6.55. The molecule has 8 nitrogen and oxygen atoms in total. The van der Waals surface area contributed by atoms with Crippen molar-refractivity contribution in [3.8, 4) is 0 Å². The highest BCUT2D eigenvalue weighted by Crippen LogP contribution is 2.16. The number of nitro groups is 1. The normalized spacial score (nSPS) is 11.9. The fraction of sp³-hybridized carbons (Fsp3) is 0.0952. The Morgan fingerprint density at radius 1 is 0.967 bits per heavy atom. The molecule has 0 unspecified atom stereocenters. The zero-order valence-electron chi connectivity index (χ0n) is 15.9. The molecule has 0 aliphatic rings. The van der Waals surface area contributed by atoms with E-state index in [0.717, 1.165) is 28.8 Å². The van der Waals surface area contributed by atoms with Crippen molar-refractivity contribution < 1.29 is 13.3 Å². The van der Waals surface area contributed by atoms with E-state index in [2.05, 4.69) is 9.71 Å². The van der Waals surface area contributed by atoms with Crippen molar-refractivity contribution in [1.82, 2.24) is 4.72 Å². The van der Waals surface area contributed by atoms with Gasteiger partial charge in [0.05, 0.1) is 16.4 Å². The molecule has 0 aromatic heterocycles. The van der Waals surface area contributed by atoms with Gasteiger partial charge in [-0.3, -0.25) is 15.1 Å². The van der Waals surface area contributed by atoms with Gasteiger partial charge in [-0.05, 0) is 23.3 Å².